The molecule has 0 saturated heterocycles. The van der Waals surface area contributed by atoms with Crippen LogP contribution in [0.3, 0.4) is 0 Å². The summed E-state index contributed by atoms with van der Waals surface area (Å²) in [6.07, 6.45) is 5.67. The molecular formula is C31H30F5N3O4S. The molecule has 1 aliphatic heterocycles. The zero-order valence-corrected chi connectivity index (χ0v) is 24.5. The number of benzene rings is 3. The van der Waals surface area contributed by atoms with Crippen molar-refractivity contribution in [2.75, 3.05) is 9.62 Å². The van der Waals surface area contributed by atoms with Gasteiger partial charge < -0.3 is 10.2 Å². The summed E-state index contributed by atoms with van der Waals surface area (Å²) in [7, 11) is -5.01. The highest BCUT2D eigenvalue weighted by Gasteiger charge is 2.36. The van der Waals surface area contributed by atoms with Crippen molar-refractivity contribution in [1.29, 1.82) is 0 Å². The number of fused-ring (bicyclic) bond motifs is 1. The molecule has 2 amide bonds. The standard InChI is InChI=1S/C31H30F5N3O4S/c1-17(44(42,43)38-29-27(35)25(33)24(14-32)26(34)28(29)36)31(41)39(22-11-12-23-21(13-22)15-37-30(23)40)16-18-7-9-20(10-8-18)19-5-3-2-4-6-19/h7-13,17,19,38H,2-6,14-16H2,1H3,(H,37,40)/t17-/m1/s1. The molecule has 1 fully saturated rings. The van der Waals surface area contributed by atoms with Gasteiger partial charge in [-0.05, 0) is 60.6 Å². The van der Waals surface area contributed by atoms with Gasteiger partial charge in [0, 0.05) is 17.8 Å². The van der Waals surface area contributed by atoms with Gasteiger partial charge in [0.2, 0.25) is 15.9 Å². The highest BCUT2D eigenvalue weighted by atomic mass is 32.2. The van der Waals surface area contributed by atoms with Gasteiger partial charge in [-0.25, -0.2) is 30.4 Å². The van der Waals surface area contributed by atoms with E-state index in [0.29, 0.717) is 22.6 Å². The fourth-order valence-corrected chi connectivity index (χ4v) is 6.70. The summed E-state index contributed by atoms with van der Waals surface area (Å²) in [4.78, 5) is 27.0. The number of nitrogens with zero attached hydrogens (tertiary/aromatic N) is 1. The second-order valence-corrected chi connectivity index (χ2v) is 13.1. The Morgan fingerprint density at radius 1 is 0.977 bits per heavy atom. The summed E-state index contributed by atoms with van der Waals surface area (Å²) in [6, 6.07) is 12.2. The van der Waals surface area contributed by atoms with Gasteiger partial charge >= 0.3 is 0 Å². The van der Waals surface area contributed by atoms with Gasteiger partial charge in [-0.2, -0.15) is 0 Å². The molecule has 3 aromatic rings. The van der Waals surface area contributed by atoms with Crippen molar-refractivity contribution in [2.45, 2.75) is 70.0 Å². The van der Waals surface area contributed by atoms with Crippen molar-refractivity contribution in [3.05, 3.63) is 93.6 Å². The Morgan fingerprint density at radius 2 is 1.61 bits per heavy atom. The number of halogens is 5. The first-order valence-electron chi connectivity index (χ1n) is 14.2. The number of carbonyl (C=O) groups is 2. The highest BCUT2D eigenvalue weighted by molar-refractivity contribution is 7.94. The van der Waals surface area contributed by atoms with E-state index >= 15 is 0 Å². The lowest BCUT2D eigenvalue weighted by molar-refractivity contribution is -0.118. The highest BCUT2D eigenvalue weighted by Crippen LogP contribution is 2.34. The van der Waals surface area contributed by atoms with E-state index in [9.17, 15) is 40.0 Å². The quantitative estimate of drug-likeness (QED) is 0.211. The van der Waals surface area contributed by atoms with Gasteiger partial charge in [0.15, 0.2) is 28.5 Å². The molecule has 0 spiro atoms. The SMILES string of the molecule is C[C@H](C(=O)N(Cc1ccc(C2CCCCC2)cc1)c1ccc2c(c1)CNC2=O)S(=O)(=O)Nc1c(F)c(F)c(CF)c(F)c1F. The predicted octanol–water partition coefficient (Wildman–Crippen LogP) is 6.37. The number of nitrogens with one attached hydrogen (secondary N) is 2. The van der Waals surface area contributed by atoms with Crippen LogP contribution in [-0.4, -0.2) is 25.5 Å². The van der Waals surface area contributed by atoms with E-state index in [1.807, 2.05) is 24.3 Å². The molecule has 5 rings (SSSR count). The lowest BCUT2D eigenvalue weighted by Crippen LogP contribution is -2.43. The molecule has 1 heterocycles. The molecule has 1 aliphatic carbocycles. The maximum absolute atomic E-state index is 14.5. The van der Waals surface area contributed by atoms with Crippen LogP contribution in [0, 0.1) is 23.3 Å². The third-order valence-electron chi connectivity index (χ3n) is 8.29. The number of alkyl halides is 1. The molecule has 2 aliphatic rings. The third-order valence-corrected chi connectivity index (χ3v) is 9.91. The molecule has 234 valence electrons. The van der Waals surface area contributed by atoms with E-state index in [1.54, 1.807) is 6.07 Å². The minimum Gasteiger partial charge on any atom is -0.348 e. The first-order chi connectivity index (χ1) is 20.9. The van der Waals surface area contributed by atoms with Crippen molar-refractivity contribution in [3.63, 3.8) is 0 Å². The van der Waals surface area contributed by atoms with E-state index in [0.717, 1.165) is 43.1 Å². The molecule has 7 nitrogen and oxygen atoms in total. The molecule has 0 unspecified atom stereocenters. The summed E-state index contributed by atoms with van der Waals surface area (Å²) in [5.41, 5.74) is -0.183. The van der Waals surface area contributed by atoms with E-state index in [2.05, 4.69) is 5.32 Å². The van der Waals surface area contributed by atoms with Crippen molar-refractivity contribution in [2.24, 2.45) is 0 Å². The van der Waals surface area contributed by atoms with Crippen LogP contribution in [-0.2, 0) is 34.6 Å². The summed E-state index contributed by atoms with van der Waals surface area (Å²) in [5.74, 6) is -9.37. The maximum Gasteiger partial charge on any atom is 0.251 e. The fraction of sp³-hybridized carbons (Fsp3) is 0.355. The number of hydrogen-bond donors (Lipinski definition) is 2. The Hall–Kier alpha value is -4.00. The Labute approximate surface area is 251 Å². The summed E-state index contributed by atoms with van der Waals surface area (Å²) < 4.78 is 98.1. The van der Waals surface area contributed by atoms with Gasteiger partial charge in [0.05, 0.1) is 12.1 Å². The molecule has 0 aromatic heterocycles. The van der Waals surface area contributed by atoms with Gasteiger partial charge in [-0.15, -0.1) is 0 Å². The van der Waals surface area contributed by atoms with Gasteiger partial charge in [0.1, 0.15) is 12.4 Å². The van der Waals surface area contributed by atoms with Crippen molar-refractivity contribution in [3.8, 4) is 0 Å². The molecule has 0 radical (unpaired) electrons. The van der Waals surface area contributed by atoms with Crippen LogP contribution < -0.4 is 14.9 Å². The number of amides is 2. The Balaban J connectivity index is 1.46. The summed E-state index contributed by atoms with van der Waals surface area (Å²) >= 11 is 0. The predicted molar refractivity (Wildman–Crippen MR) is 154 cm³/mol. The summed E-state index contributed by atoms with van der Waals surface area (Å²) in [6.45, 7) is -0.812. The molecule has 2 N–H and O–H groups in total. The minimum absolute atomic E-state index is 0.0963. The zero-order chi connectivity index (χ0) is 31.8. The smallest absolute Gasteiger partial charge is 0.251 e. The first-order valence-corrected chi connectivity index (χ1v) is 15.7. The van der Waals surface area contributed by atoms with E-state index in [1.165, 1.54) is 23.3 Å². The van der Waals surface area contributed by atoms with Crippen molar-refractivity contribution >= 4 is 33.2 Å². The molecule has 3 aromatic carbocycles. The van der Waals surface area contributed by atoms with Crippen molar-refractivity contribution in [1.82, 2.24) is 5.32 Å². The van der Waals surface area contributed by atoms with E-state index < -0.39 is 62.4 Å². The largest absolute Gasteiger partial charge is 0.348 e. The molecule has 13 heteroatoms. The zero-order valence-electron chi connectivity index (χ0n) is 23.7. The number of rotatable bonds is 9. The fourth-order valence-electron chi connectivity index (χ4n) is 5.66. The number of sulfonamides is 1. The van der Waals surface area contributed by atoms with Crippen LogP contribution in [0.1, 0.15) is 77.6 Å². The Bertz CT molecular complexity index is 1680. The minimum atomic E-state index is -5.01. The van der Waals surface area contributed by atoms with Crippen LogP contribution >= 0.6 is 0 Å². The monoisotopic (exact) mass is 635 g/mol. The lowest BCUT2D eigenvalue weighted by atomic mass is 9.84. The van der Waals surface area contributed by atoms with Gasteiger partial charge in [-0.3, -0.25) is 14.3 Å². The van der Waals surface area contributed by atoms with E-state index in [4.69, 9.17) is 0 Å². The Morgan fingerprint density at radius 3 is 2.23 bits per heavy atom. The van der Waals surface area contributed by atoms with Gasteiger partial charge in [0.25, 0.3) is 5.91 Å². The maximum atomic E-state index is 14.5. The number of carbonyl (C=O) groups excluding carboxylic acids is 2. The molecule has 1 atom stereocenters. The number of anilines is 2. The van der Waals surface area contributed by atoms with Crippen LogP contribution in [0.25, 0.3) is 0 Å². The number of hydrogen-bond acceptors (Lipinski definition) is 4. The first kappa shape index (κ1) is 31.4. The van der Waals surface area contributed by atoms with Crippen LogP contribution in [0.5, 0.6) is 0 Å². The van der Waals surface area contributed by atoms with Crippen molar-refractivity contribution < 1.29 is 40.0 Å². The third kappa shape index (κ3) is 6.01. The average Bonchev–Trinajstić information content (AvgIpc) is 3.41. The van der Waals surface area contributed by atoms with Crippen LogP contribution in [0.4, 0.5) is 33.3 Å². The molecular weight excluding hydrogens is 605 g/mol. The second kappa shape index (κ2) is 12.5. The molecule has 1 saturated carbocycles. The average molecular weight is 636 g/mol. The normalized spacial score (nSPS) is 15.9. The summed E-state index contributed by atoms with van der Waals surface area (Å²) in [5, 5.41) is 0.654. The Kier molecular flexibility index (Phi) is 8.96. The topological polar surface area (TPSA) is 95.6 Å². The molecule has 44 heavy (non-hydrogen) atoms. The lowest BCUT2D eigenvalue weighted by Gasteiger charge is -2.27. The van der Waals surface area contributed by atoms with Gasteiger partial charge in [-0.1, -0.05) is 43.5 Å². The second-order valence-electron chi connectivity index (χ2n) is 11.1. The van der Waals surface area contributed by atoms with Crippen LogP contribution in [0.2, 0.25) is 0 Å². The van der Waals surface area contributed by atoms with E-state index in [-0.39, 0.29) is 24.7 Å². The van der Waals surface area contributed by atoms with Crippen LogP contribution in [0.15, 0.2) is 42.5 Å². The molecule has 0 bridgehead atoms.